The molecule has 4 aliphatic heterocycles. The minimum absolute atomic E-state index is 0.124. The van der Waals surface area contributed by atoms with Gasteiger partial charge < -0.3 is 78.7 Å². The van der Waals surface area contributed by atoms with E-state index in [1.807, 2.05) is 0 Å². The summed E-state index contributed by atoms with van der Waals surface area (Å²) >= 11 is 0. The number of benzene rings is 1. The van der Waals surface area contributed by atoms with Crippen LogP contribution in [0.1, 0.15) is 12.5 Å². The molecule has 1 saturated carbocycles. The molecule has 4 fully saturated rings. The summed E-state index contributed by atoms with van der Waals surface area (Å²) in [4.78, 5) is 12.6. The van der Waals surface area contributed by atoms with Gasteiger partial charge in [-0.2, -0.15) is 0 Å². The first-order valence-corrected chi connectivity index (χ1v) is 15.4. The number of ether oxygens (including phenoxy) is 8. The lowest BCUT2D eigenvalue weighted by Gasteiger charge is -2.44. The molecule has 0 amide bonds. The maximum absolute atomic E-state index is 12.6. The van der Waals surface area contributed by atoms with Gasteiger partial charge in [-0.15, -0.1) is 0 Å². The zero-order valence-electron chi connectivity index (χ0n) is 25.9. The smallest absolute Gasteiger partial charge is 0.331 e. The maximum atomic E-state index is 12.6. The quantitative estimate of drug-likeness (QED) is 0.0705. The van der Waals surface area contributed by atoms with Crippen molar-refractivity contribution in [2.75, 3.05) is 20.3 Å². The van der Waals surface area contributed by atoms with Crippen molar-refractivity contribution < 1.29 is 83.5 Å². The molecule has 1 aliphatic carbocycles. The van der Waals surface area contributed by atoms with E-state index in [0.29, 0.717) is 5.56 Å². The monoisotopic (exact) mass is 684 g/mol. The number of epoxide rings is 1. The Kier molecular flexibility index (Phi) is 10.0. The lowest BCUT2D eigenvalue weighted by Crippen LogP contribution is -2.60. The van der Waals surface area contributed by atoms with E-state index in [9.17, 15) is 45.6 Å². The predicted octanol–water partition coefficient (Wildman–Crippen LogP) is -2.76. The minimum atomic E-state index is -1.70. The number of carbonyl (C=O) groups excluding carboxylic acids is 1. The fraction of sp³-hybridized carbons (Fsp3) is 0.645. The van der Waals surface area contributed by atoms with Crippen molar-refractivity contribution in [2.24, 2.45) is 11.8 Å². The normalized spacial score (nSPS) is 44.9. The van der Waals surface area contributed by atoms with Crippen molar-refractivity contribution in [1.82, 2.24) is 0 Å². The van der Waals surface area contributed by atoms with E-state index >= 15 is 0 Å². The van der Waals surface area contributed by atoms with Crippen LogP contribution in [0, 0.1) is 11.8 Å². The molecule has 8 N–H and O–H groups in total. The molecule has 266 valence electrons. The van der Waals surface area contributed by atoms with E-state index in [1.54, 1.807) is 12.1 Å². The summed E-state index contributed by atoms with van der Waals surface area (Å²) in [5.41, 5.74) is -0.750. The van der Waals surface area contributed by atoms with Crippen molar-refractivity contribution in [3.8, 4) is 11.5 Å². The highest BCUT2D eigenvalue weighted by Crippen LogP contribution is 2.61. The molecule has 0 spiro atoms. The number of hydrogen-bond acceptors (Lipinski definition) is 17. The molecule has 17 nitrogen and oxygen atoms in total. The standard InChI is InChI=1S/C31H40O17/c1-12-25(45-18(35)6-4-13-3-5-16(41-2)15(34)9-13)22(38)24(40)29(43-12)46-26-14-7-8-42-28(19(14)31(11-33)27(26)48-31)47-30-23(39)21(37)20(36)17(10-32)44-30/h3-9,12,14,17,19-30,32-34,36-40H,10-11H2,1-2H3/t12-,14+,17+,19+,20+,21-,22-,23+,24+,25-,26-,27-,28-,29-,30-,31+/m0/s1. The summed E-state index contributed by atoms with van der Waals surface area (Å²) in [6, 6.07) is 4.51. The van der Waals surface area contributed by atoms with Gasteiger partial charge in [0, 0.05) is 12.0 Å². The third kappa shape index (κ3) is 6.19. The van der Waals surface area contributed by atoms with Crippen LogP contribution in [-0.2, 0) is 38.0 Å². The second-order valence-electron chi connectivity index (χ2n) is 12.4. The molecule has 0 radical (unpaired) electrons. The summed E-state index contributed by atoms with van der Waals surface area (Å²) in [5, 5.41) is 82.5. The van der Waals surface area contributed by atoms with Crippen molar-refractivity contribution in [2.45, 2.75) is 92.4 Å². The van der Waals surface area contributed by atoms with Gasteiger partial charge in [0.05, 0.1) is 44.7 Å². The zero-order valence-corrected chi connectivity index (χ0v) is 25.9. The SMILES string of the molecule is COc1ccc(C=CC(=O)O[C@@H]2[C@@H](O)[C@@H](O)[C@H](O[C@H]3[C@@H]4C=CO[C@@H](O[C@@H]5O[C@H](CO)[C@@H](O)[C@H](O)[C@H]5O)[C@@H]4[C@@]4(CO)O[C@@H]34)O[C@H]2C)cc1O. The molecule has 0 unspecified atom stereocenters. The maximum Gasteiger partial charge on any atom is 0.331 e. The Morgan fingerprint density at radius 2 is 1.67 bits per heavy atom. The average Bonchev–Trinajstić information content (AvgIpc) is 3.75. The van der Waals surface area contributed by atoms with Crippen LogP contribution in [0.2, 0.25) is 0 Å². The number of carbonyl (C=O) groups is 1. The Bertz CT molecular complexity index is 1370. The van der Waals surface area contributed by atoms with Gasteiger partial charge in [0.15, 0.2) is 30.2 Å². The highest BCUT2D eigenvalue weighted by molar-refractivity contribution is 5.87. The topological polar surface area (TPSA) is 256 Å². The van der Waals surface area contributed by atoms with Crippen LogP contribution in [0.15, 0.2) is 36.6 Å². The van der Waals surface area contributed by atoms with Crippen molar-refractivity contribution >= 4 is 12.0 Å². The molecular weight excluding hydrogens is 644 g/mol. The van der Waals surface area contributed by atoms with Crippen molar-refractivity contribution in [3.63, 3.8) is 0 Å². The number of aromatic hydroxyl groups is 1. The van der Waals surface area contributed by atoms with Crippen LogP contribution in [0.5, 0.6) is 11.5 Å². The van der Waals surface area contributed by atoms with Crippen molar-refractivity contribution in [1.29, 1.82) is 0 Å². The lowest BCUT2D eigenvalue weighted by atomic mass is 9.85. The summed E-state index contributed by atoms with van der Waals surface area (Å²) < 4.78 is 45.3. The van der Waals surface area contributed by atoms with Crippen molar-refractivity contribution in [3.05, 3.63) is 42.2 Å². The zero-order chi connectivity index (χ0) is 34.5. The summed E-state index contributed by atoms with van der Waals surface area (Å²) in [7, 11) is 1.40. The van der Waals surface area contributed by atoms with Crippen LogP contribution in [0.4, 0.5) is 0 Å². The third-order valence-corrected chi connectivity index (χ3v) is 9.53. The van der Waals surface area contributed by atoms with Gasteiger partial charge in [0.25, 0.3) is 0 Å². The number of phenolic OH excluding ortho intramolecular Hbond substituents is 1. The number of fused-ring (bicyclic) bond motifs is 3. The molecule has 1 aromatic carbocycles. The van der Waals surface area contributed by atoms with Gasteiger partial charge in [-0.05, 0) is 36.8 Å². The second-order valence-corrected chi connectivity index (χ2v) is 12.4. The van der Waals surface area contributed by atoms with Crippen LogP contribution in [-0.4, -0.2) is 153 Å². The number of aliphatic hydroxyl groups excluding tert-OH is 7. The van der Waals surface area contributed by atoms with Gasteiger partial charge in [-0.25, -0.2) is 4.79 Å². The van der Waals surface area contributed by atoms with Gasteiger partial charge in [-0.1, -0.05) is 6.07 Å². The largest absolute Gasteiger partial charge is 0.504 e. The Morgan fingerprint density at radius 1 is 0.938 bits per heavy atom. The number of rotatable bonds is 10. The average molecular weight is 685 g/mol. The lowest BCUT2D eigenvalue weighted by molar-refractivity contribution is -0.347. The van der Waals surface area contributed by atoms with Crippen LogP contribution >= 0.6 is 0 Å². The van der Waals surface area contributed by atoms with Gasteiger partial charge in [0.2, 0.25) is 6.29 Å². The highest BCUT2D eigenvalue weighted by Gasteiger charge is 2.77. The number of esters is 1. The van der Waals surface area contributed by atoms with E-state index < -0.39 is 117 Å². The van der Waals surface area contributed by atoms with Gasteiger partial charge in [0.1, 0.15) is 48.3 Å². The third-order valence-electron chi connectivity index (χ3n) is 9.53. The molecule has 0 aromatic heterocycles. The van der Waals surface area contributed by atoms with E-state index in [1.165, 1.54) is 38.5 Å². The number of aliphatic hydroxyl groups is 7. The van der Waals surface area contributed by atoms with Gasteiger partial charge >= 0.3 is 5.97 Å². The molecule has 48 heavy (non-hydrogen) atoms. The summed E-state index contributed by atoms with van der Waals surface area (Å²) in [5.74, 6) is -2.03. The fourth-order valence-corrected chi connectivity index (χ4v) is 6.89. The van der Waals surface area contributed by atoms with E-state index in [2.05, 4.69) is 0 Å². The summed E-state index contributed by atoms with van der Waals surface area (Å²) in [6.45, 7) is 0.374. The number of hydrogen-bond donors (Lipinski definition) is 8. The predicted molar refractivity (Wildman–Crippen MR) is 155 cm³/mol. The summed E-state index contributed by atoms with van der Waals surface area (Å²) in [6.07, 6.45) is -12.0. The molecule has 17 heteroatoms. The molecule has 5 aliphatic rings. The Morgan fingerprint density at radius 3 is 2.35 bits per heavy atom. The molecular formula is C31H40O17. The van der Waals surface area contributed by atoms with Gasteiger partial charge in [-0.3, -0.25) is 0 Å². The molecule has 6 rings (SSSR count). The molecule has 3 saturated heterocycles. The molecule has 0 bridgehead atoms. The Labute approximate surface area is 274 Å². The highest BCUT2D eigenvalue weighted by atomic mass is 16.8. The first-order valence-electron chi connectivity index (χ1n) is 15.4. The van der Waals surface area contributed by atoms with Crippen LogP contribution < -0.4 is 4.74 Å². The van der Waals surface area contributed by atoms with E-state index in [-0.39, 0.29) is 11.5 Å². The van der Waals surface area contributed by atoms with Crippen LogP contribution in [0.25, 0.3) is 6.08 Å². The second kappa shape index (κ2) is 13.8. The number of phenols is 1. The molecule has 4 heterocycles. The first kappa shape index (κ1) is 34.9. The Balaban J connectivity index is 1.10. The minimum Gasteiger partial charge on any atom is -0.504 e. The fourth-order valence-electron chi connectivity index (χ4n) is 6.89. The van der Waals surface area contributed by atoms with E-state index in [0.717, 1.165) is 6.08 Å². The van der Waals surface area contributed by atoms with E-state index in [4.69, 9.17) is 37.9 Å². The molecule has 1 aromatic rings. The molecule has 16 atom stereocenters. The first-order chi connectivity index (χ1) is 22.9. The van der Waals surface area contributed by atoms with Crippen LogP contribution in [0.3, 0.4) is 0 Å². The Hall–Kier alpha value is -2.91. The number of methoxy groups -OCH3 is 1.